The zero-order valence-corrected chi connectivity index (χ0v) is 13.1. The minimum atomic E-state index is -0.709. The third kappa shape index (κ3) is 6.03. The molecule has 0 aliphatic carbocycles. The lowest BCUT2D eigenvalue weighted by molar-refractivity contribution is -0.137. The predicted molar refractivity (Wildman–Crippen MR) is 87.4 cm³/mol. The maximum atomic E-state index is 10.6. The highest BCUT2D eigenvalue weighted by Crippen LogP contribution is 2.14. The highest BCUT2D eigenvalue weighted by molar-refractivity contribution is 5.66. The summed E-state index contributed by atoms with van der Waals surface area (Å²) in [4.78, 5) is 15.4. The third-order valence-electron chi connectivity index (χ3n) is 3.98. The smallest absolute Gasteiger partial charge is 0.303 e. The van der Waals surface area contributed by atoms with Crippen LogP contribution in [-0.4, -0.2) is 61.9 Å². The van der Waals surface area contributed by atoms with E-state index < -0.39 is 5.97 Å². The van der Waals surface area contributed by atoms with E-state index in [1.165, 1.54) is 5.69 Å². The van der Waals surface area contributed by atoms with Crippen LogP contribution in [0.3, 0.4) is 0 Å². The largest absolute Gasteiger partial charge is 0.481 e. The van der Waals surface area contributed by atoms with Crippen LogP contribution in [-0.2, 0) is 9.53 Å². The van der Waals surface area contributed by atoms with Crippen LogP contribution >= 0.6 is 0 Å². The SMILES string of the molecule is O=C(O)CCCCN(CCN1CCOCC1)c1ccccc1. The molecule has 0 bridgehead atoms. The number of aliphatic carboxylic acids is 1. The van der Waals surface area contributed by atoms with Gasteiger partial charge in [0, 0.05) is 44.8 Å². The fourth-order valence-corrected chi connectivity index (χ4v) is 2.67. The van der Waals surface area contributed by atoms with E-state index >= 15 is 0 Å². The average Bonchev–Trinajstić information content (AvgIpc) is 2.55. The fourth-order valence-electron chi connectivity index (χ4n) is 2.67. The molecule has 0 amide bonds. The molecule has 122 valence electrons. The van der Waals surface area contributed by atoms with Crippen LogP contribution in [0.2, 0.25) is 0 Å². The van der Waals surface area contributed by atoms with Crippen LogP contribution in [0.15, 0.2) is 30.3 Å². The number of morpholine rings is 1. The van der Waals surface area contributed by atoms with Gasteiger partial charge >= 0.3 is 5.97 Å². The van der Waals surface area contributed by atoms with Crippen molar-refractivity contribution < 1.29 is 14.6 Å². The summed E-state index contributed by atoms with van der Waals surface area (Å²) in [6.45, 7) is 6.55. The second-order valence-electron chi connectivity index (χ2n) is 5.63. The van der Waals surface area contributed by atoms with Crippen LogP contribution in [0.25, 0.3) is 0 Å². The van der Waals surface area contributed by atoms with Crippen molar-refractivity contribution >= 4 is 11.7 Å². The van der Waals surface area contributed by atoms with Gasteiger partial charge in [0.25, 0.3) is 0 Å². The predicted octanol–water partition coefficient (Wildman–Crippen LogP) is 2.08. The van der Waals surface area contributed by atoms with Gasteiger partial charge in [0.1, 0.15) is 0 Å². The van der Waals surface area contributed by atoms with E-state index in [0.29, 0.717) is 0 Å². The summed E-state index contributed by atoms with van der Waals surface area (Å²) in [5.74, 6) is -0.709. The lowest BCUT2D eigenvalue weighted by atomic mass is 10.2. The summed E-state index contributed by atoms with van der Waals surface area (Å²) in [5.41, 5.74) is 1.21. The van der Waals surface area contributed by atoms with E-state index in [4.69, 9.17) is 9.84 Å². The topological polar surface area (TPSA) is 53.0 Å². The summed E-state index contributed by atoms with van der Waals surface area (Å²) in [6, 6.07) is 10.4. The number of hydrogen-bond donors (Lipinski definition) is 1. The van der Waals surface area contributed by atoms with E-state index in [-0.39, 0.29) is 6.42 Å². The Labute approximate surface area is 132 Å². The number of para-hydroxylation sites is 1. The van der Waals surface area contributed by atoms with E-state index in [9.17, 15) is 4.79 Å². The molecule has 0 aromatic heterocycles. The molecule has 5 heteroatoms. The van der Waals surface area contributed by atoms with Crippen LogP contribution in [0.1, 0.15) is 19.3 Å². The molecule has 0 unspecified atom stereocenters. The van der Waals surface area contributed by atoms with Gasteiger partial charge in [-0.05, 0) is 25.0 Å². The lowest BCUT2D eigenvalue weighted by Gasteiger charge is -2.31. The Bertz CT molecular complexity index is 433. The molecule has 1 N–H and O–H groups in total. The molecule has 1 heterocycles. The number of hydrogen-bond acceptors (Lipinski definition) is 4. The Morgan fingerprint density at radius 1 is 1.14 bits per heavy atom. The van der Waals surface area contributed by atoms with Crippen molar-refractivity contribution in [1.82, 2.24) is 4.90 Å². The van der Waals surface area contributed by atoms with Crippen molar-refractivity contribution in [2.45, 2.75) is 19.3 Å². The molecule has 5 nitrogen and oxygen atoms in total. The first kappa shape index (κ1) is 16.8. The van der Waals surface area contributed by atoms with Gasteiger partial charge in [0.15, 0.2) is 0 Å². The Kier molecular flexibility index (Phi) is 7.19. The van der Waals surface area contributed by atoms with Gasteiger partial charge in [-0.25, -0.2) is 0 Å². The van der Waals surface area contributed by atoms with Crippen LogP contribution in [0.4, 0.5) is 5.69 Å². The summed E-state index contributed by atoms with van der Waals surface area (Å²) in [6.07, 6.45) is 1.90. The third-order valence-corrected chi connectivity index (χ3v) is 3.98. The second-order valence-corrected chi connectivity index (χ2v) is 5.63. The second kappa shape index (κ2) is 9.43. The van der Waals surface area contributed by atoms with Gasteiger partial charge in [0.2, 0.25) is 0 Å². The number of anilines is 1. The fraction of sp³-hybridized carbons (Fsp3) is 0.588. The van der Waals surface area contributed by atoms with Crippen molar-refractivity contribution in [3.8, 4) is 0 Å². The van der Waals surface area contributed by atoms with Gasteiger partial charge in [-0.3, -0.25) is 9.69 Å². The van der Waals surface area contributed by atoms with Crippen LogP contribution in [0, 0.1) is 0 Å². The first-order valence-corrected chi connectivity index (χ1v) is 8.07. The number of carbonyl (C=O) groups is 1. The molecule has 0 radical (unpaired) electrons. The highest BCUT2D eigenvalue weighted by atomic mass is 16.5. The lowest BCUT2D eigenvalue weighted by Crippen LogP contribution is -2.41. The first-order chi connectivity index (χ1) is 10.8. The van der Waals surface area contributed by atoms with Gasteiger partial charge in [0.05, 0.1) is 13.2 Å². The molecule has 1 fully saturated rings. The van der Waals surface area contributed by atoms with Gasteiger partial charge in [-0.15, -0.1) is 0 Å². The molecule has 1 saturated heterocycles. The quantitative estimate of drug-likeness (QED) is 0.708. The zero-order chi connectivity index (χ0) is 15.6. The molecular weight excluding hydrogens is 280 g/mol. The van der Waals surface area contributed by atoms with E-state index in [2.05, 4.69) is 21.9 Å². The first-order valence-electron chi connectivity index (χ1n) is 8.07. The molecule has 0 saturated carbocycles. The minimum absolute atomic E-state index is 0.256. The number of carboxylic acids is 1. The summed E-state index contributed by atoms with van der Waals surface area (Å²) in [5, 5.41) is 8.74. The summed E-state index contributed by atoms with van der Waals surface area (Å²) < 4.78 is 5.38. The number of ether oxygens (including phenoxy) is 1. The van der Waals surface area contributed by atoms with E-state index in [1.54, 1.807) is 0 Å². The van der Waals surface area contributed by atoms with Gasteiger partial charge in [-0.2, -0.15) is 0 Å². The van der Waals surface area contributed by atoms with E-state index in [1.807, 2.05) is 18.2 Å². The van der Waals surface area contributed by atoms with Crippen LogP contribution in [0.5, 0.6) is 0 Å². The monoisotopic (exact) mass is 306 g/mol. The van der Waals surface area contributed by atoms with Crippen molar-refractivity contribution in [3.63, 3.8) is 0 Å². The molecular formula is C17H26N2O3. The zero-order valence-electron chi connectivity index (χ0n) is 13.1. The highest BCUT2D eigenvalue weighted by Gasteiger charge is 2.13. The molecule has 0 spiro atoms. The maximum Gasteiger partial charge on any atom is 0.303 e. The molecule has 1 aromatic rings. The number of rotatable bonds is 9. The standard InChI is InChI=1S/C17H26N2O3/c20-17(21)8-4-5-9-19(16-6-2-1-3-7-16)11-10-18-12-14-22-15-13-18/h1-3,6-7H,4-5,8-15H2,(H,20,21). The Morgan fingerprint density at radius 3 is 2.55 bits per heavy atom. The van der Waals surface area contributed by atoms with Crippen molar-refractivity contribution in [3.05, 3.63) is 30.3 Å². The molecule has 0 atom stereocenters. The Balaban J connectivity index is 1.82. The maximum absolute atomic E-state index is 10.6. The number of benzene rings is 1. The molecule has 2 rings (SSSR count). The summed E-state index contributed by atoms with van der Waals surface area (Å²) >= 11 is 0. The average molecular weight is 306 g/mol. The Hall–Kier alpha value is -1.59. The molecule has 1 aliphatic heterocycles. The summed E-state index contributed by atoms with van der Waals surface area (Å²) in [7, 11) is 0. The van der Waals surface area contributed by atoms with E-state index in [0.717, 1.165) is 58.8 Å². The van der Waals surface area contributed by atoms with Crippen molar-refractivity contribution in [2.24, 2.45) is 0 Å². The van der Waals surface area contributed by atoms with Gasteiger partial charge < -0.3 is 14.7 Å². The number of carboxylic acid groups (broad SMARTS) is 1. The Morgan fingerprint density at radius 2 is 1.86 bits per heavy atom. The molecule has 22 heavy (non-hydrogen) atoms. The van der Waals surface area contributed by atoms with Gasteiger partial charge in [-0.1, -0.05) is 18.2 Å². The van der Waals surface area contributed by atoms with Crippen LogP contribution < -0.4 is 4.90 Å². The minimum Gasteiger partial charge on any atom is -0.481 e. The molecule has 1 aliphatic rings. The van der Waals surface area contributed by atoms with Crippen molar-refractivity contribution in [2.75, 3.05) is 50.8 Å². The van der Waals surface area contributed by atoms with Crippen molar-refractivity contribution in [1.29, 1.82) is 0 Å². The molecule has 1 aromatic carbocycles. The normalized spacial score (nSPS) is 15.6. The number of nitrogens with zero attached hydrogens (tertiary/aromatic N) is 2. The number of unbranched alkanes of at least 4 members (excludes halogenated alkanes) is 1.